The van der Waals surface area contributed by atoms with E-state index in [1.165, 1.54) is 5.56 Å². The summed E-state index contributed by atoms with van der Waals surface area (Å²) in [5, 5.41) is 11.5. The SMILES string of the molecule is CCOCCC(=O)N1C[C@@H](Cc2ccnc3ccccc23)[C@H](O)C1. The normalized spacial score (nSPS) is 20.7. The number of benzene rings is 1. The molecule has 24 heavy (non-hydrogen) atoms. The van der Waals surface area contributed by atoms with E-state index in [1.54, 1.807) is 4.90 Å². The number of hydrogen-bond donors (Lipinski definition) is 1. The smallest absolute Gasteiger partial charge is 0.224 e. The van der Waals surface area contributed by atoms with Crippen molar-refractivity contribution in [1.29, 1.82) is 0 Å². The second-order valence-electron chi connectivity index (χ2n) is 6.26. The van der Waals surface area contributed by atoms with E-state index in [9.17, 15) is 9.90 Å². The molecule has 0 spiro atoms. The fourth-order valence-electron chi connectivity index (χ4n) is 3.34. The van der Waals surface area contributed by atoms with Gasteiger partial charge in [-0.2, -0.15) is 0 Å². The predicted octanol–water partition coefficient (Wildman–Crippen LogP) is 2.02. The van der Waals surface area contributed by atoms with E-state index in [0.717, 1.165) is 17.3 Å². The molecule has 0 radical (unpaired) electrons. The fraction of sp³-hybridized carbons (Fsp3) is 0.474. The molecule has 2 aromatic rings. The van der Waals surface area contributed by atoms with Gasteiger partial charge >= 0.3 is 0 Å². The van der Waals surface area contributed by atoms with Gasteiger partial charge in [-0.05, 0) is 31.0 Å². The highest BCUT2D eigenvalue weighted by Crippen LogP contribution is 2.25. The molecule has 0 saturated carbocycles. The van der Waals surface area contributed by atoms with E-state index in [0.29, 0.717) is 32.7 Å². The third kappa shape index (κ3) is 3.74. The minimum Gasteiger partial charge on any atom is -0.391 e. The average molecular weight is 328 g/mol. The van der Waals surface area contributed by atoms with Crippen LogP contribution in [-0.4, -0.2) is 53.3 Å². The van der Waals surface area contributed by atoms with Crippen molar-refractivity contribution in [2.75, 3.05) is 26.3 Å². The van der Waals surface area contributed by atoms with Gasteiger partial charge in [0.25, 0.3) is 0 Å². The van der Waals surface area contributed by atoms with E-state index in [1.807, 2.05) is 37.4 Å². The van der Waals surface area contributed by atoms with Gasteiger partial charge < -0.3 is 14.7 Å². The summed E-state index contributed by atoms with van der Waals surface area (Å²) in [7, 11) is 0. The zero-order chi connectivity index (χ0) is 16.9. The molecule has 1 aromatic carbocycles. The molecule has 1 amide bonds. The van der Waals surface area contributed by atoms with E-state index in [-0.39, 0.29) is 11.8 Å². The van der Waals surface area contributed by atoms with Crippen LogP contribution in [0.15, 0.2) is 36.5 Å². The predicted molar refractivity (Wildman–Crippen MR) is 92.6 cm³/mol. The summed E-state index contributed by atoms with van der Waals surface area (Å²) < 4.78 is 5.24. The minimum absolute atomic E-state index is 0.0598. The van der Waals surface area contributed by atoms with Gasteiger partial charge in [0.1, 0.15) is 0 Å². The van der Waals surface area contributed by atoms with Crippen molar-refractivity contribution in [3.05, 3.63) is 42.1 Å². The third-order valence-electron chi connectivity index (χ3n) is 4.65. The number of nitrogens with zero attached hydrogens (tertiary/aromatic N) is 2. The molecule has 1 saturated heterocycles. The van der Waals surface area contributed by atoms with Crippen LogP contribution in [-0.2, 0) is 16.0 Å². The summed E-state index contributed by atoms with van der Waals surface area (Å²) in [4.78, 5) is 18.3. The highest BCUT2D eigenvalue weighted by atomic mass is 16.5. The van der Waals surface area contributed by atoms with E-state index < -0.39 is 6.10 Å². The van der Waals surface area contributed by atoms with Crippen LogP contribution in [0.5, 0.6) is 0 Å². The van der Waals surface area contributed by atoms with Gasteiger partial charge in [-0.25, -0.2) is 0 Å². The molecule has 3 rings (SSSR count). The zero-order valence-electron chi connectivity index (χ0n) is 14.0. The van der Waals surface area contributed by atoms with E-state index >= 15 is 0 Å². The molecular formula is C19H24N2O3. The fourth-order valence-corrected chi connectivity index (χ4v) is 3.34. The van der Waals surface area contributed by atoms with E-state index in [4.69, 9.17) is 4.74 Å². The molecular weight excluding hydrogens is 304 g/mol. The van der Waals surface area contributed by atoms with Crippen LogP contribution in [0.25, 0.3) is 10.9 Å². The number of carbonyl (C=O) groups is 1. The van der Waals surface area contributed by atoms with Crippen LogP contribution in [0.1, 0.15) is 18.9 Å². The van der Waals surface area contributed by atoms with Crippen LogP contribution in [0.4, 0.5) is 0 Å². The van der Waals surface area contributed by atoms with Crippen molar-refractivity contribution in [3.63, 3.8) is 0 Å². The Morgan fingerprint density at radius 1 is 1.33 bits per heavy atom. The molecule has 1 fully saturated rings. The van der Waals surface area contributed by atoms with Crippen molar-refractivity contribution >= 4 is 16.8 Å². The Kier molecular flexibility index (Phi) is 5.43. The summed E-state index contributed by atoms with van der Waals surface area (Å²) in [5.74, 6) is 0.122. The van der Waals surface area contributed by atoms with Gasteiger partial charge in [-0.3, -0.25) is 9.78 Å². The Bertz CT molecular complexity index is 699. The minimum atomic E-state index is -0.479. The number of aliphatic hydroxyl groups excluding tert-OH is 1. The second-order valence-corrected chi connectivity index (χ2v) is 6.26. The number of β-amino-alcohol motifs (C(OH)–C–C–N with tert-alkyl or cyclic N) is 1. The van der Waals surface area contributed by atoms with Crippen LogP contribution in [0.3, 0.4) is 0 Å². The number of para-hydroxylation sites is 1. The molecule has 0 aliphatic carbocycles. The van der Waals surface area contributed by atoms with Crippen molar-refractivity contribution in [2.24, 2.45) is 5.92 Å². The Balaban J connectivity index is 1.66. The van der Waals surface area contributed by atoms with Crippen molar-refractivity contribution in [1.82, 2.24) is 9.88 Å². The largest absolute Gasteiger partial charge is 0.391 e. The highest BCUT2D eigenvalue weighted by molar-refractivity contribution is 5.82. The highest BCUT2D eigenvalue weighted by Gasteiger charge is 2.33. The first-order valence-electron chi connectivity index (χ1n) is 8.55. The number of ether oxygens (including phenoxy) is 1. The van der Waals surface area contributed by atoms with Gasteiger partial charge in [0.05, 0.1) is 24.6 Å². The molecule has 1 N–H and O–H groups in total. The van der Waals surface area contributed by atoms with E-state index in [2.05, 4.69) is 11.1 Å². The Morgan fingerprint density at radius 2 is 2.17 bits per heavy atom. The Hall–Kier alpha value is -1.98. The quantitative estimate of drug-likeness (QED) is 0.824. The molecule has 2 heterocycles. The third-order valence-corrected chi connectivity index (χ3v) is 4.65. The summed E-state index contributed by atoms with van der Waals surface area (Å²) in [5.41, 5.74) is 2.14. The topological polar surface area (TPSA) is 62.7 Å². The first kappa shape index (κ1) is 16.9. The molecule has 128 valence electrons. The van der Waals surface area contributed by atoms with Crippen molar-refractivity contribution in [2.45, 2.75) is 25.9 Å². The van der Waals surface area contributed by atoms with Crippen LogP contribution >= 0.6 is 0 Å². The monoisotopic (exact) mass is 328 g/mol. The molecule has 0 unspecified atom stereocenters. The first-order chi connectivity index (χ1) is 11.7. The summed E-state index contributed by atoms with van der Waals surface area (Å²) >= 11 is 0. The lowest BCUT2D eigenvalue weighted by molar-refractivity contribution is -0.131. The number of rotatable bonds is 6. The van der Waals surface area contributed by atoms with Crippen LogP contribution < -0.4 is 0 Å². The number of aromatic nitrogens is 1. The maximum Gasteiger partial charge on any atom is 0.224 e. The lowest BCUT2D eigenvalue weighted by atomic mass is 9.94. The van der Waals surface area contributed by atoms with Gasteiger partial charge in [-0.15, -0.1) is 0 Å². The summed E-state index contributed by atoms with van der Waals surface area (Å²) in [6, 6.07) is 10.0. The van der Waals surface area contributed by atoms with Gasteiger partial charge in [0.15, 0.2) is 0 Å². The number of hydrogen-bond acceptors (Lipinski definition) is 4. The maximum absolute atomic E-state index is 12.2. The molecule has 2 atom stereocenters. The van der Waals surface area contributed by atoms with Crippen LogP contribution in [0.2, 0.25) is 0 Å². The zero-order valence-corrected chi connectivity index (χ0v) is 14.0. The molecule has 1 aliphatic heterocycles. The summed E-state index contributed by atoms with van der Waals surface area (Å²) in [6.45, 7) is 4.00. The van der Waals surface area contributed by atoms with Crippen molar-refractivity contribution in [3.8, 4) is 0 Å². The molecule has 5 nitrogen and oxygen atoms in total. The number of fused-ring (bicyclic) bond motifs is 1. The van der Waals surface area contributed by atoms with Gasteiger partial charge in [0, 0.05) is 37.2 Å². The lowest BCUT2D eigenvalue weighted by Gasteiger charge is -2.16. The lowest BCUT2D eigenvalue weighted by Crippen LogP contribution is -2.30. The van der Waals surface area contributed by atoms with Crippen molar-refractivity contribution < 1.29 is 14.6 Å². The average Bonchev–Trinajstić information content (AvgIpc) is 2.96. The van der Waals surface area contributed by atoms with Gasteiger partial charge in [0.2, 0.25) is 5.91 Å². The molecule has 5 heteroatoms. The standard InChI is InChI=1S/C19H24N2O3/c1-2-24-10-8-19(23)21-12-15(18(22)13-21)11-14-7-9-20-17-6-4-3-5-16(14)17/h3-7,9,15,18,22H,2,8,10-13H2,1H3/t15-,18-/m1/s1. The maximum atomic E-state index is 12.2. The molecule has 0 bridgehead atoms. The van der Waals surface area contributed by atoms with Gasteiger partial charge in [-0.1, -0.05) is 18.2 Å². The Morgan fingerprint density at radius 3 is 3.00 bits per heavy atom. The number of pyridine rings is 1. The Labute approximate surface area is 142 Å². The number of amides is 1. The summed E-state index contributed by atoms with van der Waals surface area (Å²) in [6.07, 6.45) is 2.46. The number of likely N-dealkylation sites (tertiary alicyclic amines) is 1. The number of carbonyl (C=O) groups excluding carboxylic acids is 1. The van der Waals surface area contributed by atoms with Crippen LogP contribution in [0, 0.1) is 5.92 Å². The number of aliphatic hydroxyl groups is 1. The second kappa shape index (κ2) is 7.73. The first-order valence-corrected chi connectivity index (χ1v) is 8.55. The molecule has 1 aromatic heterocycles. The molecule has 1 aliphatic rings.